The van der Waals surface area contributed by atoms with Crippen molar-refractivity contribution in [3.63, 3.8) is 0 Å². The van der Waals surface area contributed by atoms with Crippen LogP contribution in [-0.4, -0.2) is 31.4 Å². The Bertz CT molecular complexity index is 432. The normalized spacial score (nSPS) is 19.4. The van der Waals surface area contributed by atoms with Gasteiger partial charge >= 0.3 is 51.4 Å². The van der Waals surface area contributed by atoms with Crippen molar-refractivity contribution in [2.45, 2.75) is 6.10 Å². The molecule has 80 valence electrons. The molecule has 8 heteroatoms. The third kappa shape index (κ3) is 3.97. The standard InChI is InChI=1S/C7H8O5S2.K.H/c8-14(9,10)4-5-1-11-6-2-13-3-7(6)12-5;;/h2-3,5H,1,4H2,(H,8,9,10);;/q;+1;-1. The summed E-state index contributed by atoms with van der Waals surface area (Å²) in [6, 6.07) is 0. The van der Waals surface area contributed by atoms with Gasteiger partial charge in [-0.15, -0.1) is 11.3 Å². The molecule has 5 nitrogen and oxygen atoms in total. The summed E-state index contributed by atoms with van der Waals surface area (Å²) < 4.78 is 40.3. The van der Waals surface area contributed by atoms with E-state index in [1.807, 2.05) is 0 Å². The third-order valence-electron chi connectivity index (χ3n) is 1.71. The molecular weight excluding hydrogens is 267 g/mol. The van der Waals surface area contributed by atoms with Crippen molar-refractivity contribution in [3.8, 4) is 11.5 Å². The summed E-state index contributed by atoms with van der Waals surface area (Å²) in [7, 11) is -4.01. The number of thiophene rings is 1. The van der Waals surface area contributed by atoms with Crippen molar-refractivity contribution in [3.05, 3.63) is 10.8 Å². The summed E-state index contributed by atoms with van der Waals surface area (Å²) in [6.45, 7) is 0.142. The van der Waals surface area contributed by atoms with Crippen LogP contribution in [-0.2, 0) is 10.1 Å². The quantitative estimate of drug-likeness (QED) is 0.494. The first-order chi connectivity index (χ1) is 6.54. The molecule has 0 spiro atoms. The molecule has 1 aromatic heterocycles. The SMILES string of the molecule is O=S(=O)(O)CC1COc2cscc2O1.[H-].[K+]. The zero-order chi connectivity index (χ0) is 10.2. The average Bonchev–Trinajstić information content (AvgIpc) is 2.47. The van der Waals surface area contributed by atoms with Crippen molar-refractivity contribution in [1.82, 2.24) is 0 Å². The van der Waals surface area contributed by atoms with Crippen LogP contribution in [0.15, 0.2) is 10.8 Å². The number of ether oxygens (including phenoxy) is 2. The molecule has 2 heterocycles. The van der Waals surface area contributed by atoms with Gasteiger partial charge in [0.15, 0.2) is 11.5 Å². The molecule has 0 fully saturated rings. The molecule has 0 radical (unpaired) electrons. The molecule has 1 unspecified atom stereocenters. The number of hydrogen-bond donors (Lipinski definition) is 1. The van der Waals surface area contributed by atoms with E-state index in [0.29, 0.717) is 11.5 Å². The van der Waals surface area contributed by atoms with E-state index in [-0.39, 0.29) is 59.4 Å². The van der Waals surface area contributed by atoms with Crippen molar-refractivity contribution >= 4 is 21.5 Å². The molecule has 0 saturated carbocycles. The van der Waals surface area contributed by atoms with Gasteiger partial charge in [-0.1, -0.05) is 0 Å². The van der Waals surface area contributed by atoms with E-state index in [2.05, 4.69) is 0 Å². The molecule has 0 aliphatic carbocycles. The van der Waals surface area contributed by atoms with E-state index < -0.39 is 22.0 Å². The summed E-state index contributed by atoms with van der Waals surface area (Å²) in [6.07, 6.45) is -0.632. The van der Waals surface area contributed by atoms with E-state index in [4.69, 9.17) is 14.0 Å². The van der Waals surface area contributed by atoms with Crippen LogP contribution in [0.5, 0.6) is 11.5 Å². The fraction of sp³-hybridized carbons (Fsp3) is 0.429. The molecule has 1 aromatic rings. The van der Waals surface area contributed by atoms with Gasteiger partial charge in [-0.2, -0.15) is 8.42 Å². The number of hydrogen-bond acceptors (Lipinski definition) is 5. The van der Waals surface area contributed by atoms with Crippen LogP contribution in [0.1, 0.15) is 1.43 Å². The number of rotatable bonds is 2. The Labute approximate surface area is 135 Å². The molecule has 0 aromatic carbocycles. The fourth-order valence-corrected chi connectivity index (χ4v) is 2.48. The minimum atomic E-state index is -4.01. The first-order valence-corrected chi connectivity index (χ1v) is 6.40. The first kappa shape index (κ1) is 13.9. The summed E-state index contributed by atoms with van der Waals surface area (Å²) >= 11 is 1.41. The van der Waals surface area contributed by atoms with Crippen molar-refractivity contribution in [2.24, 2.45) is 0 Å². The maximum atomic E-state index is 10.6. The Morgan fingerprint density at radius 1 is 1.53 bits per heavy atom. The molecule has 15 heavy (non-hydrogen) atoms. The molecule has 1 N–H and O–H groups in total. The van der Waals surface area contributed by atoms with Crippen LogP contribution >= 0.6 is 11.3 Å². The molecule has 0 amide bonds. The summed E-state index contributed by atoms with van der Waals surface area (Å²) in [4.78, 5) is 0. The third-order valence-corrected chi connectivity index (χ3v) is 3.20. The van der Waals surface area contributed by atoms with E-state index in [1.54, 1.807) is 10.8 Å². The Kier molecular flexibility index (Phi) is 5.06. The fourth-order valence-electron chi connectivity index (χ4n) is 1.18. The van der Waals surface area contributed by atoms with Gasteiger partial charge in [0.1, 0.15) is 18.5 Å². The van der Waals surface area contributed by atoms with Gasteiger partial charge in [-0.05, 0) is 0 Å². The summed E-state index contributed by atoms with van der Waals surface area (Å²) in [5, 5.41) is 3.50. The van der Waals surface area contributed by atoms with Crippen LogP contribution in [0.3, 0.4) is 0 Å². The van der Waals surface area contributed by atoms with Gasteiger partial charge in [0, 0.05) is 10.8 Å². The molecule has 2 rings (SSSR count). The van der Waals surface area contributed by atoms with Gasteiger partial charge in [-0.25, -0.2) is 0 Å². The Morgan fingerprint density at radius 3 is 2.87 bits per heavy atom. The first-order valence-electron chi connectivity index (χ1n) is 3.85. The van der Waals surface area contributed by atoms with Crippen LogP contribution in [0.25, 0.3) is 0 Å². The van der Waals surface area contributed by atoms with Gasteiger partial charge in [0.25, 0.3) is 10.1 Å². The van der Waals surface area contributed by atoms with E-state index >= 15 is 0 Å². The topological polar surface area (TPSA) is 72.8 Å². The molecule has 0 bridgehead atoms. The summed E-state index contributed by atoms with van der Waals surface area (Å²) in [5.74, 6) is 0.721. The van der Waals surface area contributed by atoms with Gasteiger partial charge < -0.3 is 10.9 Å². The Balaban J connectivity index is 0.00000112. The van der Waals surface area contributed by atoms with Gasteiger partial charge in [0.05, 0.1) is 0 Å². The predicted octanol–water partition coefficient (Wildman–Crippen LogP) is -2.11. The zero-order valence-electron chi connectivity index (χ0n) is 9.04. The zero-order valence-corrected chi connectivity index (χ0v) is 12.8. The second-order valence-electron chi connectivity index (χ2n) is 2.90. The summed E-state index contributed by atoms with van der Waals surface area (Å²) in [5.41, 5.74) is 0. The predicted molar refractivity (Wildman–Crippen MR) is 51.8 cm³/mol. The average molecular weight is 276 g/mol. The van der Waals surface area contributed by atoms with Crippen molar-refractivity contribution in [2.75, 3.05) is 12.4 Å². The Hall–Kier alpha value is 0.846. The van der Waals surface area contributed by atoms with Crippen LogP contribution < -0.4 is 60.9 Å². The second-order valence-corrected chi connectivity index (χ2v) is 5.14. The largest absolute Gasteiger partial charge is 1.00 e. The van der Waals surface area contributed by atoms with Crippen molar-refractivity contribution in [1.29, 1.82) is 0 Å². The molecule has 1 atom stereocenters. The number of fused-ring (bicyclic) bond motifs is 1. The van der Waals surface area contributed by atoms with Crippen LogP contribution in [0.2, 0.25) is 0 Å². The molecule has 1 aliphatic rings. The maximum Gasteiger partial charge on any atom is 1.00 e. The molecule has 0 saturated heterocycles. The van der Waals surface area contributed by atoms with Crippen LogP contribution in [0.4, 0.5) is 0 Å². The van der Waals surface area contributed by atoms with E-state index in [9.17, 15) is 8.42 Å². The molecular formula is C7H9KO5S2. The van der Waals surface area contributed by atoms with Gasteiger partial charge in [-0.3, -0.25) is 4.55 Å². The minimum absolute atomic E-state index is 0. The van der Waals surface area contributed by atoms with Gasteiger partial charge in [0.2, 0.25) is 0 Å². The second kappa shape index (κ2) is 5.45. The van der Waals surface area contributed by atoms with Crippen molar-refractivity contribution < 1.29 is 75.3 Å². The monoisotopic (exact) mass is 276 g/mol. The Morgan fingerprint density at radius 2 is 2.20 bits per heavy atom. The maximum absolute atomic E-state index is 10.6. The molecule has 1 aliphatic heterocycles. The smallest absolute Gasteiger partial charge is 1.00 e. The van der Waals surface area contributed by atoms with E-state index in [0.717, 1.165) is 0 Å². The minimum Gasteiger partial charge on any atom is -1.00 e. The van der Waals surface area contributed by atoms with E-state index in [1.165, 1.54) is 11.3 Å². The van der Waals surface area contributed by atoms with Crippen LogP contribution in [0, 0.1) is 0 Å².